The van der Waals surface area contributed by atoms with Crippen molar-refractivity contribution in [3.05, 3.63) is 54.1 Å². The van der Waals surface area contributed by atoms with Crippen molar-refractivity contribution in [2.45, 2.75) is 20.3 Å². The van der Waals surface area contributed by atoms with Crippen LogP contribution in [0, 0.1) is 5.41 Å². The molecule has 0 aliphatic carbocycles. The van der Waals surface area contributed by atoms with Gasteiger partial charge in [-0.1, -0.05) is 30.3 Å². The molecule has 0 radical (unpaired) electrons. The van der Waals surface area contributed by atoms with Crippen LogP contribution >= 0.6 is 0 Å². The Labute approximate surface area is 158 Å². The van der Waals surface area contributed by atoms with Crippen LogP contribution < -0.4 is 20.1 Å². The van der Waals surface area contributed by atoms with Gasteiger partial charge in [0.15, 0.2) is 11.5 Å². The highest BCUT2D eigenvalue weighted by molar-refractivity contribution is 6.09. The Morgan fingerprint density at radius 1 is 0.963 bits per heavy atom. The molecule has 0 aromatic heterocycles. The van der Waals surface area contributed by atoms with Crippen molar-refractivity contribution < 1.29 is 19.1 Å². The van der Waals surface area contributed by atoms with E-state index in [1.807, 2.05) is 30.3 Å². The van der Waals surface area contributed by atoms with Crippen molar-refractivity contribution in [2.75, 3.05) is 25.1 Å². The Morgan fingerprint density at radius 3 is 2.41 bits per heavy atom. The van der Waals surface area contributed by atoms with E-state index in [0.717, 1.165) is 5.56 Å². The van der Waals surface area contributed by atoms with E-state index in [0.29, 0.717) is 43.4 Å². The van der Waals surface area contributed by atoms with E-state index in [1.165, 1.54) is 0 Å². The Balaban J connectivity index is 1.56. The van der Waals surface area contributed by atoms with Gasteiger partial charge in [0.25, 0.3) is 0 Å². The third kappa shape index (κ3) is 4.58. The third-order valence-corrected chi connectivity index (χ3v) is 4.48. The van der Waals surface area contributed by atoms with Crippen LogP contribution in [0.4, 0.5) is 5.69 Å². The number of carbonyl (C=O) groups is 2. The molecule has 0 saturated carbocycles. The van der Waals surface area contributed by atoms with E-state index in [4.69, 9.17) is 9.47 Å². The predicted molar refractivity (Wildman–Crippen MR) is 103 cm³/mol. The molecule has 2 amide bonds. The van der Waals surface area contributed by atoms with Crippen molar-refractivity contribution in [3.63, 3.8) is 0 Å². The summed E-state index contributed by atoms with van der Waals surface area (Å²) < 4.78 is 11.0. The average Bonchev–Trinajstić information content (AvgIpc) is 2.68. The lowest BCUT2D eigenvalue weighted by Crippen LogP contribution is -2.45. The molecule has 0 unspecified atom stereocenters. The van der Waals surface area contributed by atoms with Gasteiger partial charge in [0, 0.05) is 18.3 Å². The van der Waals surface area contributed by atoms with Gasteiger partial charge in [-0.05, 0) is 38.0 Å². The number of hydrogen-bond donors (Lipinski definition) is 2. The molecule has 1 aliphatic rings. The second-order valence-corrected chi connectivity index (χ2v) is 6.93. The summed E-state index contributed by atoms with van der Waals surface area (Å²) in [5.74, 6) is 0.547. The Bertz CT molecular complexity index is 818. The number of fused-ring (bicyclic) bond motifs is 1. The van der Waals surface area contributed by atoms with Gasteiger partial charge in [-0.15, -0.1) is 0 Å². The first-order valence-corrected chi connectivity index (χ1v) is 9.00. The number of anilines is 1. The zero-order chi connectivity index (χ0) is 19.3. The summed E-state index contributed by atoms with van der Waals surface area (Å²) in [7, 11) is 0. The van der Waals surface area contributed by atoms with Crippen LogP contribution in [0.3, 0.4) is 0 Å². The maximum atomic E-state index is 12.6. The van der Waals surface area contributed by atoms with Crippen molar-refractivity contribution in [1.82, 2.24) is 5.32 Å². The molecule has 0 bridgehead atoms. The molecule has 0 saturated heterocycles. The van der Waals surface area contributed by atoms with Crippen molar-refractivity contribution in [2.24, 2.45) is 5.41 Å². The predicted octanol–water partition coefficient (Wildman–Crippen LogP) is 2.78. The molecule has 1 aliphatic heterocycles. The van der Waals surface area contributed by atoms with Gasteiger partial charge in [0.2, 0.25) is 11.8 Å². The maximum Gasteiger partial charge on any atom is 0.239 e. The molecule has 27 heavy (non-hydrogen) atoms. The molecule has 2 aromatic rings. The zero-order valence-corrected chi connectivity index (χ0v) is 15.6. The van der Waals surface area contributed by atoms with Crippen LogP contribution in [-0.2, 0) is 16.0 Å². The highest BCUT2D eigenvalue weighted by Gasteiger charge is 2.36. The van der Waals surface area contributed by atoms with Crippen molar-refractivity contribution in [1.29, 1.82) is 0 Å². The summed E-state index contributed by atoms with van der Waals surface area (Å²) in [5.41, 5.74) is 0.495. The number of ether oxygens (including phenoxy) is 2. The standard InChI is InChI=1S/C21H24N2O4/c1-21(2,19(24)22-11-10-15-6-4-3-5-7-15)20(25)23-16-8-9-17-18(14-16)27-13-12-26-17/h3-9,14H,10-13H2,1-2H3,(H,22,24)(H,23,25). The summed E-state index contributed by atoms with van der Waals surface area (Å²) in [4.78, 5) is 25.1. The van der Waals surface area contributed by atoms with Crippen molar-refractivity contribution in [3.8, 4) is 11.5 Å². The third-order valence-electron chi connectivity index (χ3n) is 4.48. The van der Waals surface area contributed by atoms with E-state index in [9.17, 15) is 9.59 Å². The molecule has 142 valence electrons. The number of hydrogen-bond acceptors (Lipinski definition) is 4. The van der Waals surface area contributed by atoms with E-state index in [1.54, 1.807) is 32.0 Å². The molecule has 2 aromatic carbocycles. The van der Waals surface area contributed by atoms with Gasteiger partial charge in [-0.25, -0.2) is 0 Å². The first-order valence-electron chi connectivity index (χ1n) is 9.00. The highest BCUT2D eigenvalue weighted by atomic mass is 16.6. The van der Waals surface area contributed by atoms with Gasteiger partial charge in [0.1, 0.15) is 18.6 Å². The second-order valence-electron chi connectivity index (χ2n) is 6.93. The van der Waals surface area contributed by atoms with E-state index in [-0.39, 0.29) is 11.8 Å². The number of nitrogens with one attached hydrogen (secondary N) is 2. The van der Waals surface area contributed by atoms with Crippen LogP contribution in [0.5, 0.6) is 11.5 Å². The van der Waals surface area contributed by atoms with Crippen molar-refractivity contribution >= 4 is 17.5 Å². The quantitative estimate of drug-likeness (QED) is 0.769. The zero-order valence-electron chi connectivity index (χ0n) is 15.6. The fraction of sp³-hybridized carbons (Fsp3) is 0.333. The fourth-order valence-electron chi connectivity index (χ4n) is 2.70. The number of rotatable bonds is 6. The Kier molecular flexibility index (Phi) is 5.64. The SMILES string of the molecule is CC(C)(C(=O)NCCc1ccccc1)C(=O)Nc1ccc2c(c1)OCCO2. The smallest absolute Gasteiger partial charge is 0.239 e. The second kappa shape index (κ2) is 8.12. The van der Waals surface area contributed by atoms with Crippen LogP contribution in [-0.4, -0.2) is 31.6 Å². The van der Waals surface area contributed by atoms with E-state index in [2.05, 4.69) is 10.6 Å². The van der Waals surface area contributed by atoms with Crippen LogP contribution in [0.25, 0.3) is 0 Å². The molecular formula is C21H24N2O4. The van der Waals surface area contributed by atoms with Gasteiger partial charge >= 0.3 is 0 Å². The summed E-state index contributed by atoms with van der Waals surface area (Å²) in [6.07, 6.45) is 0.715. The summed E-state index contributed by atoms with van der Waals surface area (Å²) in [6, 6.07) is 15.1. The molecule has 1 heterocycles. The topological polar surface area (TPSA) is 76.7 Å². The highest BCUT2D eigenvalue weighted by Crippen LogP contribution is 2.33. The largest absolute Gasteiger partial charge is 0.486 e. The number of amides is 2. The Morgan fingerprint density at radius 2 is 1.67 bits per heavy atom. The van der Waals surface area contributed by atoms with Crippen LogP contribution in [0.2, 0.25) is 0 Å². The van der Waals surface area contributed by atoms with E-state index < -0.39 is 5.41 Å². The molecule has 0 atom stereocenters. The minimum Gasteiger partial charge on any atom is -0.486 e. The number of carbonyl (C=O) groups excluding carboxylic acids is 2. The monoisotopic (exact) mass is 368 g/mol. The first kappa shape index (κ1) is 18.8. The van der Waals surface area contributed by atoms with Gasteiger partial charge in [-0.2, -0.15) is 0 Å². The first-order chi connectivity index (χ1) is 13.0. The summed E-state index contributed by atoms with van der Waals surface area (Å²) in [6.45, 7) is 4.68. The van der Waals surface area contributed by atoms with Gasteiger partial charge in [0.05, 0.1) is 0 Å². The molecule has 6 heteroatoms. The summed E-state index contributed by atoms with van der Waals surface area (Å²) in [5, 5.41) is 5.63. The van der Waals surface area contributed by atoms with Crippen LogP contribution in [0.15, 0.2) is 48.5 Å². The lowest BCUT2D eigenvalue weighted by atomic mass is 9.90. The van der Waals surface area contributed by atoms with Crippen LogP contribution in [0.1, 0.15) is 19.4 Å². The minimum atomic E-state index is -1.20. The fourth-order valence-corrected chi connectivity index (χ4v) is 2.70. The molecular weight excluding hydrogens is 344 g/mol. The molecule has 0 spiro atoms. The summed E-state index contributed by atoms with van der Waals surface area (Å²) >= 11 is 0. The minimum absolute atomic E-state index is 0.312. The molecule has 0 fully saturated rings. The lowest BCUT2D eigenvalue weighted by molar-refractivity contribution is -0.138. The molecule has 2 N–H and O–H groups in total. The van der Waals surface area contributed by atoms with Gasteiger partial charge in [-0.3, -0.25) is 9.59 Å². The molecule has 6 nitrogen and oxygen atoms in total. The van der Waals surface area contributed by atoms with Gasteiger partial charge < -0.3 is 20.1 Å². The average molecular weight is 368 g/mol. The normalized spacial score (nSPS) is 13.0. The number of benzene rings is 2. The van der Waals surface area contributed by atoms with E-state index >= 15 is 0 Å². The maximum absolute atomic E-state index is 12.6. The molecule has 3 rings (SSSR count). The lowest BCUT2D eigenvalue weighted by Gasteiger charge is -2.24. The Hall–Kier alpha value is -3.02.